The monoisotopic (exact) mass is 378 g/mol. The van der Waals surface area contributed by atoms with E-state index in [1.807, 2.05) is 6.92 Å². The van der Waals surface area contributed by atoms with E-state index in [1.165, 1.54) is 0 Å². The molecule has 0 aliphatic carbocycles. The molecule has 1 aliphatic heterocycles. The van der Waals surface area contributed by atoms with Crippen molar-refractivity contribution >= 4 is 40.7 Å². The summed E-state index contributed by atoms with van der Waals surface area (Å²) in [5.74, 6) is -0.0993. The standard InChI is InChI=1S/C18H16Cl2N2O3/c1-10(12-7-6-11(19)8-13(12)20)21-17(23)9-16-18(24)22-14-4-2-3-5-15(14)25-16/h2-8,10,16H,9H2,1H3,(H,21,23)(H,22,24)/t10-,16-/m1/s1. The molecule has 2 aromatic carbocycles. The molecule has 2 aromatic rings. The number of nitrogens with one attached hydrogen (secondary N) is 2. The molecule has 1 aliphatic rings. The van der Waals surface area contributed by atoms with E-state index in [1.54, 1.807) is 42.5 Å². The Hall–Kier alpha value is -2.24. The van der Waals surface area contributed by atoms with Gasteiger partial charge in [-0.15, -0.1) is 0 Å². The zero-order valence-corrected chi connectivity index (χ0v) is 14.9. The summed E-state index contributed by atoms with van der Waals surface area (Å²) in [5.41, 5.74) is 1.35. The third-order valence-corrected chi connectivity index (χ3v) is 4.45. The van der Waals surface area contributed by atoms with Crippen LogP contribution in [0.25, 0.3) is 0 Å². The fraction of sp³-hybridized carbons (Fsp3) is 0.222. The summed E-state index contributed by atoms with van der Waals surface area (Å²) in [7, 11) is 0. The molecule has 130 valence electrons. The summed E-state index contributed by atoms with van der Waals surface area (Å²) in [6.45, 7) is 1.81. The van der Waals surface area contributed by atoms with Crippen molar-refractivity contribution in [2.24, 2.45) is 0 Å². The van der Waals surface area contributed by atoms with Gasteiger partial charge in [0.25, 0.3) is 5.91 Å². The van der Waals surface area contributed by atoms with Crippen LogP contribution in [0.3, 0.4) is 0 Å². The topological polar surface area (TPSA) is 67.4 Å². The lowest BCUT2D eigenvalue weighted by Gasteiger charge is -2.26. The van der Waals surface area contributed by atoms with E-state index in [-0.39, 0.29) is 24.3 Å². The van der Waals surface area contributed by atoms with Crippen LogP contribution in [-0.4, -0.2) is 17.9 Å². The van der Waals surface area contributed by atoms with E-state index in [2.05, 4.69) is 10.6 Å². The largest absolute Gasteiger partial charge is 0.478 e. The molecule has 0 fully saturated rings. The number of halogens is 2. The second kappa shape index (κ2) is 7.33. The molecule has 1 heterocycles. The number of para-hydroxylation sites is 2. The summed E-state index contributed by atoms with van der Waals surface area (Å²) in [6, 6.07) is 11.9. The Morgan fingerprint density at radius 2 is 2.04 bits per heavy atom. The van der Waals surface area contributed by atoms with Gasteiger partial charge in [0.1, 0.15) is 5.75 Å². The number of amides is 2. The maximum Gasteiger partial charge on any atom is 0.266 e. The van der Waals surface area contributed by atoms with E-state index in [9.17, 15) is 9.59 Å². The van der Waals surface area contributed by atoms with Crippen molar-refractivity contribution < 1.29 is 14.3 Å². The predicted molar refractivity (Wildman–Crippen MR) is 97.1 cm³/mol. The van der Waals surface area contributed by atoms with Gasteiger partial charge in [0.2, 0.25) is 5.91 Å². The maximum atomic E-state index is 12.3. The van der Waals surface area contributed by atoms with E-state index in [0.717, 1.165) is 5.56 Å². The molecule has 0 saturated carbocycles. The van der Waals surface area contributed by atoms with E-state index in [4.69, 9.17) is 27.9 Å². The van der Waals surface area contributed by atoms with Gasteiger partial charge in [-0.2, -0.15) is 0 Å². The average molecular weight is 379 g/mol. The Bertz CT molecular complexity index is 826. The number of anilines is 1. The van der Waals surface area contributed by atoms with Crippen molar-refractivity contribution in [3.8, 4) is 5.75 Å². The van der Waals surface area contributed by atoms with Crippen LogP contribution in [-0.2, 0) is 9.59 Å². The molecule has 3 rings (SSSR count). The molecule has 0 aromatic heterocycles. The third kappa shape index (κ3) is 4.06. The van der Waals surface area contributed by atoms with Gasteiger partial charge in [0.05, 0.1) is 18.2 Å². The molecule has 5 nitrogen and oxygen atoms in total. The number of rotatable bonds is 4. The highest BCUT2D eigenvalue weighted by molar-refractivity contribution is 6.35. The molecule has 2 atom stereocenters. The van der Waals surface area contributed by atoms with Gasteiger partial charge in [-0.25, -0.2) is 0 Å². The fourth-order valence-corrected chi connectivity index (χ4v) is 3.20. The molecule has 0 radical (unpaired) electrons. The molecular formula is C18H16Cl2N2O3. The lowest BCUT2D eigenvalue weighted by Crippen LogP contribution is -2.41. The van der Waals surface area contributed by atoms with Crippen LogP contribution in [0.15, 0.2) is 42.5 Å². The van der Waals surface area contributed by atoms with E-state index >= 15 is 0 Å². The molecule has 0 saturated heterocycles. The number of hydrogen-bond donors (Lipinski definition) is 2. The van der Waals surface area contributed by atoms with Gasteiger partial charge in [-0.1, -0.05) is 41.4 Å². The summed E-state index contributed by atoms with van der Waals surface area (Å²) in [5, 5.41) is 6.56. The quantitative estimate of drug-likeness (QED) is 0.845. The van der Waals surface area contributed by atoms with Gasteiger partial charge in [0.15, 0.2) is 6.10 Å². The Morgan fingerprint density at radius 1 is 1.28 bits per heavy atom. The number of fused-ring (bicyclic) bond motifs is 1. The first-order chi connectivity index (χ1) is 11.9. The van der Waals surface area contributed by atoms with Gasteiger partial charge >= 0.3 is 0 Å². The minimum Gasteiger partial charge on any atom is -0.478 e. The molecule has 2 amide bonds. The smallest absolute Gasteiger partial charge is 0.266 e. The Balaban J connectivity index is 1.63. The SMILES string of the molecule is C[C@@H](NC(=O)C[C@H]1Oc2ccccc2NC1=O)c1ccc(Cl)cc1Cl. The lowest BCUT2D eigenvalue weighted by molar-refractivity contribution is -0.130. The van der Waals surface area contributed by atoms with Gasteiger partial charge in [-0.05, 0) is 36.8 Å². The van der Waals surface area contributed by atoms with Crippen molar-refractivity contribution in [1.82, 2.24) is 5.32 Å². The first-order valence-electron chi connectivity index (χ1n) is 7.75. The zero-order valence-electron chi connectivity index (χ0n) is 13.4. The van der Waals surface area contributed by atoms with Crippen LogP contribution in [0.1, 0.15) is 24.9 Å². The highest BCUT2D eigenvalue weighted by atomic mass is 35.5. The van der Waals surface area contributed by atoms with Crippen LogP contribution in [0.5, 0.6) is 5.75 Å². The Kier molecular flexibility index (Phi) is 5.16. The van der Waals surface area contributed by atoms with Crippen molar-refractivity contribution in [3.63, 3.8) is 0 Å². The number of carbonyl (C=O) groups is 2. The molecule has 0 spiro atoms. The summed E-state index contributed by atoms with van der Waals surface area (Å²) in [6.07, 6.45) is -0.960. The van der Waals surface area contributed by atoms with Crippen LogP contribution >= 0.6 is 23.2 Å². The van der Waals surface area contributed by atoms with E-state index < -0.39 is 6.10 Å². The number of carbonyl (C=O) groups excluding carboxylic acids is 2. The van der Waals surface area contributed by atoms with Gasteiger partial charge in [-0.3, -0.25) is 9.59 Å². The minimum atomic E-state index is -0.872. The van der Waals surface area contributed by atoms with Crippen molar-refractivity contribution in [2.45, 2.75) is 25.5 Å². The Morgan fingerprint density at radius 3 is 2.80 bits per heavy atom. The molecular weight excluding hydrogens is 363 g/mol. The van der Waals surface area contributed by atoms with Gasteiger partial charge in [0, 0.05) is 10.0 Å². The van der Waals surface area contributed by atoms with Crippen molar-refractivity contribution in [1.29, 1.82) is 0 Å². The average Bonchev–Trinajstić information content (AvgIpc) is 2.55. The van der Waals surface area contributed by atoms with Crippen LogP contribution in [0, 0.1) is 0 Å². The number of ether oxygens (including phenoxy) is 1. The van der Waals surface area contributed by atoms with Crippen LogP contribution in [0.4, 0.5) is 5.69 Å². The van der Waals surface area contributed by atoms with Crippen molar-refractivity contribution in [3.05, 3.63) is 58.1 Å². The minimum absolute atomic E-state index is 0.0876. The fourth-order valence-electron chi connectivity index (χ4n) is 2.63. The summed E-state index contributed by atoms with van der Waals surface area (Å²) >= 11 is 12.0. The lowest BCUT2D eigenvalue weighted by atomic mass is 10.1. The van der Waals surface area contributed by atoms with E-state index in [0.29, 0.717) is 21.5 Å². The highest BCUT2D eigenvalue weighted by Gasteiger charge is 2.30. The highest BCUT2D eigenvalue weighted by Crippen LogP contribution is 2.30. The first kappa shape index (κ1) is 17.6. The second-order valence-electron chi connectivity index (χ2n) is 5.75. The Labute approximate surface area is 155 Å². The predicted octanol–water partition coefficient (Wildman–Crippen LogP) is 3.96. The second-order valence-corrected chi connectivity index (χ2v) is 6.59. The van der Waals surface area contributed by atoms with Crippen LogP contribution in [0.2, 0.25) is 10.0 Å². The molecule has 25 heavy (non-hydrogen) atoms. The maximum absolute atomic E-state index is 12.3. The first-order valence-corrected chi connectivity index (χ1v) is 8.50. The normalized spacial score (nSPS) is 17.1. The molecule has 2 N–H and O–H groups in total. The third-order valence-electron chi connectivity index (χ3n) is 3.88. The zero-order chi connectivity index (χ0) is 18.0. The number of benzene rings is 2. The molecule has 0 unspecified atom stereocenters. The summed E-state index contributed by atoms with van der Waals surface area (Å²) < 4.78 is 5.63. The summed E-state index contributed by atoms with van der Waals surface area (Å²) in [4.78, 5) is 24.4. The van der Waals surface area contributed by atoms with Crippen LogP contribution < -0.4 is 15.4 Å². The molecule has 7 heteroatoms. The number of hydrogen-bond acceptors (Lipinski definition) is 3. The van der Waals surface area contributed by atoms with Gasteiger partial charge < -0.3 is 15.4 Å². The van der Waals surface area contributed by atoms with Crippen molar-refractivity contribution in [2.75, 3.05) is 5.32 Å². The molecule has 0 bridgehead atoms.